The molecule has 1 heterocycles. The molecule has 0 spiro atoms. The second-order valence-electron chi connectivity index (χ2n) is 4.72. The fourth-order valence-electron chi connectivity index (χ4n) is 2.10. The van der Waals surface area contributed by atoms with Crippen LogP contribution in [-0.4, -0.2) is 48.3 Å². The fourth-order valence-corrected chi connectivity index (χ4v) is 2.39. The molecule has 0 saturated carbocycles. The SMILES string of the molecule is CN(C(=O)Nc1ccc(Cl)c(Cl)c1)C1COCC1C(=O)O. The average Bonchev–Trinajstić information content (AvgIpc) is 2.91. The van der Waals surface area contributed by atoms with E-state index in [-0.39, 0.29) is 13.2 Å². The monoisotopic (exact) mass is 332 g/mol. The average molecular weight is 333 g/mol. The Morgan fingerprint density at radius 2 is 2.05 bits per heavy atom. The summed E-state index contributed by atoms with van der Waals surface area (Å²) in [7, 11) is 1.53. The van der Waals surface area contributed by atoms with Crippen LogP contribution < -0.4 is 5.32 Å². The molecule has 2 atom stereocenters. The van der Waals surface area contributed by atoms with Gasteiger partial charge in [-0.25, -0.2) is 4.79 Å². The number of nitrogens with one attached hydrogen (secondary N) is 1. The summed E-state index contributed by atoms with van der Waals surface area (Å²) in [5.74, 6) is -1.71. The zero-order valence-electron chi connectivity index (χ0n) is 11.2. The van der Waals surface area contributed by atoms with E-state index in [1.165, 1.54) is 18.0 Å². The van der Waals surface area contributed by atoms with Gasteiger partial charge in [-0.2, -0.15) is 0 Å². The molecular weight excluding hydrogens is 319 g/mol. The smallest absolute Gasteiger partial charge is 0.321 e. The molecule has 8 heteroatoms. The molecule has 1 aliphatic heterocycles. The Bertz CT molecular complexity index is 567. The number of carboxylic acids is 1. The van der Waals surface area contributed by atoms with Gasteiger partial charge in [0.05, 0.1) is 29.3 Å². The van der Waals surface area contributed by atoms with Crippen LogP contribution in [-0.2, 0) is 9.53 Å². The van der Waals surface area contributed by atoms with Crippen molar-refractivity contribution in [3.05, 3.63) is 28.2 Å². The van der Waals surface area contributed by atoms with Crippen LogP contribution in [0.4, 0.5) is 10.5 Å². The number of aliphatic carboxylic acids is 1. The number of halogens is 2. The molecule has 0 aromatic heterocycles. The van der Waals surface area contributed by atoms with Crippen LogP contribution in [0.25, 0.3) is 0 Å². The predicted octanol–water partition coefficient (Wildman–Crippen LogP) is 2.56. The summed E-state index contributed by atoms with van der Waals surface area (Å²) >= 11 is 11.7. The van der Waals surface area contributed by atoms with E-state index in [0.717, 1.165) is 0 Å². The lowest BCUT2D eigenvalue weighted by atomic mass is 10.0. The van der Waals surface area contributed by atoms with Crippen LogP contribution in [0.15, 0.2) is 18.2 Å². The summed E-state index contributed by atoms with van der Waals surface area (Å²) in [4.78, 5) is 24.6. The third kappa shape index (κ3) is 3.58. The molecule has 2 unspecified atom stereocenters. The molecule has 2 amide bonds. The van der Waals surface area contributed by atoms with Crippen molar-refractivity contribution in [3.8, 4) is 0 Å². The number of hydrogen-bond donors (Lipinski definition) is 2. The van der Waals surface area contributed by atoms with Gasteiger partial charge < -0.3 is 20.1 Å². The maximum atomic E-state index is 12.2. The third-order valence-corrected chi connectivity index (χ3v) is 4.10. The van der Waals surface area contributed by atoms with Gasteiger partial charge in [-0.05, 0) is 18.2 Å². The molecule has 2 rings (SSSR count). The Morgan fingerprint density at radius 1 is 1.33 bits per heavy atom. The lowest BCUT2D eigenvalue weighted by Crippen LogP contribution is -2.45. The fraction of sp³-hybridized carbons (Fsp3) is 0.385. The number of likely N-dealkylation sites (N-methyl/N-ethyl adjacent to an activating group) is 1. The molecule has 1 aliphatic rings. The summed E-state index contributed by atoms with van der Waals surface area (Å²) in [6.07, 6.45) is 0. The van der Waals surface area contributed by atoms with E-state index in [2.05, 4.69) is 5.32 Å². The van der Waals surface area contributed by atoms with Gasteiger partial charge in [0, 0.05) is 12.7 Å². The maximum Gasteiger partial charge on any atom is 0.321 e. The highest BCUT2D eigenvalue weighted by Gasteiger charge is 2.38. The Kier molecular flexibility index (Phi) is 4.92. The summed E-state index contributed by atoms with van der Waals surface area (Å²) in [5.41, 5.74) is 0.479. The van der Waals surface area contributed by atoms with Crippen molar-refractivity contribution in [2.75, 3.05) is 25.6 Å². The Labute approximate surface area is 131 Å². The van der Waals surface area contributed by atoms with E-state index >= 15 is 0 Å². The van der Waals surface area contributed by atoms with Gasteiger partial charge in [0.25, 0.3) is 0 Å². The van der Waals surface area contributed by atoms with Gasteiger partial charge in [-0.15, -0.1) is 0 Å². The van der Waals surface area contributed by atoms with Gasteiger partial charge in [-0.3, -0.25) is 4.79 Å². The zero-order valence-corrected chi connectivity index (χ0v) is 12.7. The lowest BCUT2D eigenvalue weighted by molar-refractivity contribution is -0.142. The second kappa shape index (κ2) is 6.51. The number of ether oxygens (including phenoxy) is 1. The van der Waals surface area contributed by atoms with Crippen molar-refractivity contribution >= 4 is 40.9 Å². The van der Waals surface area contributed by atoms with Crippen LogP contribution in [0.3, 0.4) is 0 Å². The predicted molar refractivity (Wildman–Crippen MR) is 79.0 cm³/mol. The topological polar surface area (TPSA) is 78.9 Å². The molecule has 1 saturated heterocycles. The quantitative estimate of drug-likeness (QED) is 0.891. The Morgan fingerprint density at radius 3 is 2.67 bits per heavy atom. The highest BCUT2D eigenvalue weighted by Crippen LogP contribution is 2.26. The summed E-state index contributed by atoms with van der Waals surface area (Å²) in [6, 6.07) is 3.76. The Balaban J connectivity index is 2.05. The molecule has 1 aromatic rings. The largest absolute Gasteiger partial charge is 0.481 e. The number of amides is 2. The van der Waals surface area contributed by atoms with E-state index < -0.39 is 24.0 Å². The summed E-state index contributed by atoms with van der Waals surface area (Å²) in [5, 5.41) is 12.5. The van der Waals surface area contributed by atoms with Gasteiger partial charge in [0.1, 0.15) is 5.92 Å². The first kappa shape index (κ1) is 15.9. The van der Waals surface area contributed by atoms with Gasteiger partial charge in [-0.1, -0.05) is 23.2 Å². The molecular formula is C13H14Cl2N2O4. The minimum atomic E-state index is -0.980. The molecule has 0 bridgehead atoms. The minimum Gasteiger partial charge on any atom is -0.481 e. The van der Waals surface area contributed by atoms with Crippen LogP contribution in [0.2, 0.25) is 10.0 Å². The standard InChI is InChI=1S/C13H14Cl2N2O4/c1-17(11-6-21-5-8(11)12(18)19)13(20)16-7-2-3-9(14)10(15)4-7/h2-4,8,11H,5-6H2,1H3,(H,16,20)(H,18,19). The van der Waals surface area contributed by atoms with Crippen molar-refractivity contribution in [1.29, 1.82) is 0 Å². The number of carbonyl (C=O) groups excluding carboxylic acids is 1. The van der Waals surface area contributed by atoms with Crippen molar-refractivity contribution in [2.45, 2.75) is 6.04 Å². The normalized spacial score (nSPS) is 21.1. The Hall–Kier alpha value is -1.50. The number of nitrogens with zero attached hydrogens (tertiary/aromatic N) is 1. The van der Waals surface area contributed by atoms with Crippen molar-refractivity contribution < 1.29 is 19.4 Å². The molecule has 114 valence electrons. The summed E-state index contributed by atoms with van der Waals surface area (Å²) in [6.45, 7) is 0.298. The van der Waals surface area contributed by atoms with Gasteiger partial charge >= 0.3 is 12.0 Å². The van der Waals surface area contributed by atoms with Gasteiger partial charge in [0.15, 0.2) is 0 Å². The first-order valence-electron chi connectivity index (χ1n) is 6.19. The maximum absolute atomic E-state index is 12.2. The lowest BCUT2D eigenvalue weighted by Gasteiger charge is -2.26. The number of carbonyl (C=O) groups is 2. The molecule has 21 heavy (non-hydrogen) atoms. The minimum absolute atomic E-state index is 0.102. The first-order valence-corrected chi connectivity index (χ1v) is 6.95. The molecule has 0 radical (unpaired) electrons. The number of anilines is 1. The second-order valence-corrected chi connectivity index (χ2v) is 5.53. The van der Waals surface area contributed by atoms with Crippen LogP contribution >= 0.6 is 23.2 Å². The van der Waals surface area contributed by atoms with Gasteiger partial charge in [0.2, 0.25) is 0 Å². The molecule has 1 aromatic carbocycles. The van der Waals surface area contributed by atoms with Crippen LogP contribution in [0.5, 0.6) is 0 Å². The van der Waals surface area contributed by atoms with Crippen LogP contribution in [0.1, 0.15) is 0 Å². The van der Waals surface area contributed by atoms with E-state index in [1.807, 2.05) is 0 Å². The number of rotatable bonds is 3. The van der Waals surface area contributed by atoms with Crippen LogP contribution in [0, 0.1) is 5.92 Å². The molecule has 6 nitrogen and oxygen atoms in total. The number of benzene rings is 1. The highest BCUT2D eigenvalue weighted by atomic mass is 35.5. The third-order valence-electron chi connectivity index (χ3n) is 3.36. The summed E-state index contributed by atoms with van der Waals surface area (Å²) < 4.78 is 5.15. The van der Waals surface area contributed by atoms with E-state index in [4.69, 9.17) is 33.0 Å². The number of urea groups is 1. The highest BCUT2D eigenvalue weighted by molar-refractivity contribution is 6.42. The van der Waals surface area contributed by atoms with Crippen molar-refractivity contribution in [1.82, 2.24) is 4.90 Å². The molecule has 0 aliphatic carbocycles. The van der Waals surface area contributed by atoms with Crippen molar-refractivity contribution in [2.24, 2.45) is 5.92 Å². The van der Waals surface area contributed by atoms with Crippen molar-refractivity contribution in [3.63, 3.8) is 0 Å². The molecule has 2 N–H and O–H groups in total. The number of carboxylic acid groups (broad SMARTS) is 1. The van der Waals surface area contributed by atoms with E-state index in [0.29, 0.717) is 15.7 Å². The number of hydrogen-bond acceptors (Lipinski definition) is 3. The zero-order chi connectivity index (χ0) is 15.6. The van der Waals surface area contributed by atoms with E-state index in [1.54, 1.807) is 12.1 Å². The molecule has 1 fully saturated rings. The van der Waals surface area contributed by atoms with E-state index in [9.17, 15) is 9.59 Å². The first-order chi connectivity index (χ1) is 9.90.